The van der Waals surface area contributed by atoms with E-state index in [0.29, 0.717) is 22.8 Å². The largest absolute Gasteiger partial charge is 0.308 e. The second-order valence-electron chi connectivity index (χ2n) is 8.36. The van der Waals surface area contributed by atoms with Gasteiger partial charge in [0.15, 0.2) is 0 Å². The predicted molar refractivity (Wildman–Crippen MR) is 123 cm³/mol. The fraction of sp³-hybridized carbons (Fsp3) is 0.440. The van der Waals surface area contributed by atoms with Gasteiger partial charge in [-0.05, 0) is 44.9 Å². The molecule has 0 radical (unpaired) electrons. The maximum atomic E-state index is 9.82. The molecule has 1 heterocycles. The standard InChI is InChI=1S/C23H25N5.C2H6/c1-15(26)28(18-9-7-6-8-10-18)21-19-12-16(13-24)11-17(14-25)20(19)22(2,3)23(4,5)27-21;1-2/h6-9,11-12,18,26H,10H2,1-5H3;1-2H3. The van der Waals surface area contributed by atoms with Crippen LogP contribution in [0.15, 0.2) is 41.4 Å². The van der Waals surface area contributed by atoms with E-state index in [1.165, 1.54) is 0 Å². The Hall–Kier alpha value is -3.18. The Labute approximate surface area is 180 Å². The molecule has 5 heteroatoms. The van der Waals surface area contributed by atoms with E-state index in [2.05, 4.69) is 52.0 Å². The number of rotatable bonds is 1. The van der Waals surface area contributed by atoms with Crippen LogP contribution in [-0.4, -0.2) is 28.2 Å². The number of aliphatic imine (C=N–C) groups is 1. The number of benzene rings is 1. The summed E-state index contributed by atoms with van der Waals surface area (Å²) in [6.45, 7) is 14.0. The summed E-state index contributed by atoms with van der Waals surface area (Å²) in [6.07, 6.45) is 8.89. The van der Waals surface area contributed by atoms with E-state index >= 15 is 0 Å². The zero-order chi connectivity index (χ0) is 22.7. The average molecular weight is 402 g/mol. The Morgan fingerprint density at radius 2 is 1.80 bits per heavy atom. The Morgan fingerprint density at radius 1 is 1.13 bits per heavy atom. The molecule has 0 bridgehead atoms. The van der Waals surface area contributed by atoms with Crippen molar-refractivity contribution in [1.82, 2.24) is 4.90 Å². The molecular weight excluding hydrogens is 370 g/mol. The molecule has 0 saturated carbocycles. The number of allylic oxidation sites excluding steroid dienone is 2. The van der Waals surface area contributed by atoms with E-state index in [1.54, 1.807) is 13.0 Å². The molecular formula is C25H31N5. The Bertz CT molecular complexity index is 1010. The van der Waals surface area contributed by atoms with E-state index in [-0.39, 0.29) is 6.04 Å². The molecule has 30 heavy (non-hydrogen) atoms. The number of hydrogen-bond acceptors (Lipinski definition) is 4. The molecule has 1 aromatic rings. The van der Waals surface area contributed by atoms with E-state index in [9.17, 15) is 10.5 Å². The fourth-order valence-corrected chi connectivity index (χ4v) is 3.92. The molecule has 1 unspecified atom stereocenters. The molecule has 156 valence electrons. The van der Waals surface area contributed by atoms with Crippen LogP contribution in [0.25, 0.3) is 0 Å². The lowest BCUT2D eigenvalue weighted by Gasteiger charge is -2.47. The molecule has 1 aromatic carbocycles. The van der Waals surface area contributed by atoms with E-state index in [4.69, 9.17) is 10.4 Å². The highest BCUT2D eigenvalue weighted by atomic mass is 15.3. The van der Waals surface area contributed by atoms with Crippen molar-refractivity contribution in [3.05, 3.63) is 58.7 Å². The summed E-state index contributed by atoms with van der Waals surface area (Å²) in [5.74, 6) is 1.04. The van der Waals surface area contributed by atoms with Crippen LogP contribution in [-0.2, 0) is 5.41 Å². The lowest BCUT2D eigenvalue weighted by Crippen LogP contribution is -2.52. The normalized spacial score (nSPS) is 19.9. The molecule has 2 aliphatic rings. The minimum absolute atomic E-state index is 0.0256. The quantitative estimate of drug-likeness (QED) is 0.501. The summed E-state index contributed by atoms with van der Waals surface area (Å²) in [4.78, 5) is 7.00. The first-order valence-electron chi connectivity index (χ1n) is 10.4. The second kappa shape index (κ2) is 8.67. The van der Waals surface area contributed by atoms with Gasteiger partial charge in [0.05, 0.1) is 40.7 Å². The molecule has 0 spiro atoms. The zero-order valence-electron chi connectivity index (χ0n) is 19.0. The predicted octanol–water partition coefficient (Wildman–Crippen LogP) is 5.46. The van der Waals surface area contributed by atoms with Gasteiger partial charge in [0.25, 0.3) is 0 Å². The maximum Gasteiger partial charge on any atom is 0.137 e. The van der Waals surface area contributed by atoms with Crippen molar-refractivity contribution in [3.8, 4) is 12.1 Å². The van der Waals surface area contributed by atoms with E-state index in [0.717, 1.165) is 17.5 Å². The van der Waals surface area contributed by atoms with Crippen molar-refractivity contribution in [1.29, 1.82) is 15.9 Å². The van der Waals surface area contributed by atoms with Crippen molar-refractivity contribution in [3.63, 3.8) is 0 Å². The van der Waals surface area contributed by atoms with Crippen LogP contribution in [0.2, 0.25) is 0 Å². The van der Waals surface area contributed by atoms with Crippen LogP contribution in [0, 0.1) is 28.1 Å². The van der Waals surface area contributed by atoms with Crippen LogP contribution in [0.4, 0.5) is 0 Å². The molecule has 1 aliphatic carbocycles. The third-order valence-corrected chi connectivity index (χ3v) is 6.05. The lowest BCUT2D eigenvalue weighted by atomic mass is 9.65. The highest BCUT2D eigenvalue weighted by molar-refractivity contribution is 6.11. The maximum absolute atomic E-state index is 9.82. The highest BCUT2D eigenvalue weighted by Crippen LogP contribution is 2.45. The monoisotopic (exact) mass is 401 g/mol. The Morgan fingerprint density at radius 3 is 2.30 bits per heavy atom. The van der Waals surface area contributed by atoms with Crippen molar-refractivity contribution >= 4 is 11.7 Å². The number of nitrogens with one attached hydrogen (secondary N) is 1. The second-order valence-corrected chi connectivity index (χ2v) is 8.36. The van der Waals surface area contributed by atoms with Crippen LogP contribution in [0.3, 0.4) is 0 Å². The molecule has 5 nitrogen and oxygen atoms in total. The number of nitrogens with zero attached hydrogens (tertiary/aromatic N) is 4. The summed E-state index contributed by atoms with van der Waals surface area (Å²) in [5, 5.41) is 27.8. The van der Waals surface area contributed by atoms with Gasteiger partial charge in [0, 0.05) is 11.0 Å². The van der Waals surface area contributed by atoms with E-state index < -0.39 is 11.0 Å². The number of hydrogen-bond donors (Lipinski definition) is 1. The first-order valence-corrected chi connectivity index (χ1v) is 10.4. The summed E-state index contributed by atoms with van der Waals surface area (Å²) in [7, 11) is 0. The van der Waals surface area contributed by atoms with Gasteiger partial charge in [-0.1, -0.05) is 52.0 Å². The minimum Gasteiger partial charge on any atom is -0.308 e. The summed E-state index contributed by atoms with van der Waals surface area (Å²) in [6, 6.07) is 7.89. The van der Waals surface area contributed by atoms with Gasteiger partial charge < -0.3 is 4.90 Å². The molecule has 0 saturated heterocycles. The SMILES string of the molecule is CC.CC(=N)N(C1=NC(C)(C)C(C)(C)c2c(C#N)cc(C#N)cc21)C1C=CC=CC1. The summed E-state index contributed by atoms with van der Waals surface area (Å²) in [5.41, 5.74) is 1.70. The van der Waals surface area contributed by atoms with Crippen molar-refractivity contribution in [2.75, 3.05) is 0 Å². The number of nitriles is 2. The van der Waals surface area contributed by atoms with Gasteiger partial charge in [-0.2, -0.15) is 10.5 Å². The van der Waals surface area contributed by atoms with Gasteiger partial charge in [0.1, 0.15) is 5.84 Å². The topological polar surface area (TPSA) is 87.0 Å². The van der Waals surface area contributed by atoms with Gasteiger partial charge in [0.2, 0.25) is 0 Å². The highest BCUT2D eigenvalue weighted by Gasteiger charge is 2.47. The van der Waals surface area contributed by atoms with E-state index in [1.807, 2.05) is 37.0 Å². The lowest BCUT2D eigenvalue weighted by molar-refractivity contribution is 0.296. The molecule has 1 atom stereocenters. The fourth-order valence-electron chi connectivity index (χ4n) is 3.92. The third kappa shape index (κ3) is 3.81. The third-order valence-electron chi connectivity index (χ3n) is 6.05. The Kier molecular flexibility index (Phi) is 6.68. The van der Waals surface area contributed by atoms with Crippen LogP contribution < -0.4 is 0 Å². The molecule has 3 rings (SSSR count). The van der Waals surface area contributed by atoms with Gasteiger partial charge in [-0.25, -0.2) is 0 Å². The van der Waals surface area contributed by atoms with Gasteiger partial charge in [-0.15, -0.1) is 0 Å². The molecule has 0 fully saturated rings. The zero-order valence-corrected chi connectivity index (χ0v) is 19.0. The minimum atomic E-state index is -0.489. The van der Waals surface area contributed by atoms with Crippen LogP contribution in [0.5, 0.6) is 0 Å². The summed E-state index contributed by atoms with van der Waals surface area (Å²) < 4.78 is 0. The average Bonchev–Trinajstić information content (AvgIpc) is 2.73. The van der Waals surface area contributed by atoms with Crippen molar-refractivity contribution < 1.29 is 0 Å². The van der Waals surface area contributed by atoms with Crippen LogP contribution >= 0.6 is 0 Å². The molecule has 0 aromatic heterocycles. The first kappa shape index (κ1) is 23.1. The van der Waals surface area contributed by atoms with Gasteiger partial charge >= 0.3 is 0 Å². The Balaban J connectivity index is 0.00000155. The molecule has 1 aliphatic heterocycles. The molecule has 0 amide bonds. The summed E-state index contributed by atoms with van der Waals surface area (Å²) >= 11 is 0. The molecule has 1 N–H and O–H groups in total. The van der Waals surface area contributed by atoms with Crippen molar-refractivity contribution in [2.24, 2.45) is 4.99 Å². The van der Waals surface area contributed by atoms with Gasteiger partial charge in [-0.3, -0.25) is 10.4 Å². The van der Waals surface area contributed by atoms with Crippen LogP contribution in [0.1, 0.15) is 77.1 Å². The number of fused-ring (bicyclic) bond motifs is 1. The number of amidine groups is 2. The first-order chi connectivity index (χ1) is 14.1. The smallest absolute Gasteiger partial charge is 0.137 e. The van der Waals surface area contributed by atoms with Crippen molar-refractivity contribution in [2.45, 2.75) is 71.9 Å².